The number of nitrogens with two attached hydrogens (primary N) is 1. The Labute approximate surface area is 127 Å². The Balaban J connectivity index is 2.79. The summed E-state index contributed by atoms with van der Waals surface area (Å²) in [7, 11) is -3.30. The highest BCUT2D eigenvalue weighted by molar-refractivity contribution is 7.91. The monoisotopic (exact) mass is 311 g/mol. The van der Waals surface area contributed by atoms with Gasteiger partial charge in [-0.05, 0) is 38.9 Å². The number of amidine groups is 1. The van der Waals surface area contributed by atoms with Crippen LogP contribution in [0.5, 0.6) is 0 Å². The van der Waals surface area contributed by atoms with Crippen LogP contribution >= 0.6 is 0 Å². The summed E-state index contributed by atoms with van der Waals surface area (Å²) in [6, 6.07) is 6.51. The van der Waals surface area contributed by atoms with E-state index in [0.717, 1.165) is 13.0 Å². The molecule has 0 aliphatic rings. The van der Waals surface area contributed by atoms with Gasteiger partial charge >= 0.3 is 0 Å². The normalized spacial score (nSPS) is 12.0. The Morgan fingerprint density at radius 1 is 1.24 bits per heavy atom. The zero-order chi connectivity index (χ0) is 16.0. The first-order valence-corrected chi connectivity index (χ1v) is 8.84. The molecule has 0 aliphatic heterocycles. The van der Waals surface area contributed by atoms with Crippen molar-refractivity contribution in [2.75, 3.05) is 18.8 Å². The van der Waals surface area contributed by atoms with Gasteiger partial charge in [0.05, 0.1) is 10.6 Å². The number of benzene rings is 1. The van der Waals surface area contributed by atoms with Crippen molar-refractivity contribution in [1.29, 1.82) is 5.41 Å². The smallest absolute Gasteiger partial charge is 0.179 e. The van der Waals surface area contributed by atoms with Gasteiger partial charge in [0.1, 0.15) is 5.84 Å². The van der Waals surface area contributed by atoms with Gasteiger partial charge in [0.15, 0.2) is 9.84 Å². The first kappa shape index (κ1) is 17.7. The molecule has 1 aromatic rings. The minimum atomic E-state index is -3.30. The molecule has 21 heavy (non-hydrogen) atoms. The summed E-state index contributed by atoms with van der Waals surface area (Å²) < 4.78 is 24.7. The molecule has 0 atom stereocenters. The molecule has 0 heterocycles. The van der Waals surface area contributed by atoms with E-state index in [-0.39, 0.29) is 16.5 Å². The Kier molecular flexibility index (Phi) is 6.36. The molecule has 6 heteroatoms. The van der Waals surface area contributed by atoms with Gasteiger partial charge in [0.25, 0.3) is 0 Å². The first-order valence-electron chi connectivity index (χ1n) is 7.19. The van der Waals surface area contributed by atoms with E-state index in [1.54, 1.807) is 12.1 Å². The lowest BCUT2D eigenvalue weighted by atomic mass is 10.2. The summed E-state index contributed by atoms with van der Waals surface area (Å²) in [6.07, 6.45) is 1.01. The molecular formula is C15H25N3O2S. The topological polar surface area (TPSA) is 87.2 Å². The van der Waals surface area contributed by atoms with E-state index in [4.69, 9.17) is 11.1 Å². The summed E-state index contributed by atoms with van der Waals surface area (Å²) in [5, 5.41) is 7.31. The van der Waals surface area contributed by atoms with E-state index in [1.807, 2.05) is 0 Å². The third kappa shape index (κ3) is 5.13. The molecule has 0 saturated carbocycles. The molecule has 0 aliphatic carbocycles. The standard InChI is InChI=1S/C15H25N3O2S/c1-4-9-18(12(2)3)10-11-21(19,20)14-7-5-13(6-8-14)15(16)17/h5-8,12H,4,9-11H2,1-3H3,(H3,16,17). The molecule has 0 aromatic heterocycles. The van der Waals surface area contributed by atoms with Gasteiger partial charge in [-0.15, -0.1) is 0 Å². The van der Waals surface area contributed by atoms with Crippen molar-refractivity contribution in [3.8, 4) is 0 Å². The third-order valence-corrected chi connectivity index (χ3v) is 5.12. The molecule has 0 saturated heterocycles. The molecule has 0 radical (unpaired) electrons. The van der Waals surface area contributed by atoms with Gasteiger partial charge in [-0.25, -0.2) is 8.42 Å². The molecule has 5 nitrogen and oxygen atoms in total. The summed E-state index contributed by atoms with van der Waals surface area (Å²) in [5.41, 5.74) is 5.90. The molecule has 0 amide bonds. The minimum absolute atomic E-state index is 0.0622. The number of rotatable bonds is 8. The molecule has 0 unspecified atom stereocenters. The van der Waals surface area contributed by atoms with Gasteiger partial charge in [0.2, 0.25) is 0 Å². The van der Waals surface area contributed by atoms with E-state index in [9.17, 15) is 8.42 Å². The van der Waals surface area contributed by atoms with E-state index in [1.165, 1.54) is 12.1 Å². The fourth-order valence-electron chi connectivity index (χ4n) is 2.11. The lowest BCUT2D eigenvalue weighted by molar-refractivity contribution is 0.235. The number of nitrogens with zero attached hydrogens (tertiary/aromatic N) is 1. The van der Waals surface area contributed by atoms with E-state index in [2.05, 4.69) is 25.7 Å². The van der Waals surface area contributed by atoms with Crippen LogP contribution in [-0.4, -0.2) is 44.0 Å². The molecular weight excluding hydrogens is 286 g/mol. The highest BCUT2D eigenvalue weighted by Gasteiger charge is 2.17. The molecule has 118 valence electrons. The molecule has 3 N–H and O–H groups in total. The van der Waals surface area contributed by atoms with E-state index in [0.29, 0.717) is 18.2 Å². The summed E-state index contributed by atoms with van der Waals surface area (Å²) in [4.78, 5) is 2.45. The fourth-order valence-corrected chi connectivity index (χ4v) is 3.37. The third-order valence-electron chi connectivity index (χ3n) is 3.41. The van der Waals surface area contributed by atoms with Crippen LogP contribution in [0, 0.1) is 5.41 Å². The second-order valence-corrected chi connectivity index (χ2v) is 7.50. The van der Waals surface area contributed by atoms with E-state index >= 15 is 0 Å². The first-order chi connectivity index (χ1) is 9.77. The minimum Gasteiger partial charge on any atom is -0.384 e. The largest absolute Gasteiger partial charge is 0.384 e. The quantitative estimate of drug-likeness (QED) is 0.567. The second-order valence-electron chi connectivity index (χ2n) is 5.39. The summed E-state index contributed by atoms with van der Waals surface area (Å²) >= 11 is 0. The molecule has 0 spiro atoms. The number of nitrogens with one attached hydrogen (secondary N) is 1. The van der Waals surface area contributed by atoms with Crippen LogP contribution in [0.25, 0.3) is 0 Å². The van der Waals surface area contributed by atoms with Crippen molar-refractivity contribution in [2.24, 2.45) is 5.73 Å². The Morgan fingerprint density at radius 3 is 2.24 bits per heavy atom. The van der Waals surface area contributed by atoms with Crippen molar-refractivity contribution >= 4 is 15.7 Å². The van der Waals surface area contributed by atoms with Crippen molar-refractivity contribution in [3.05, 3.63) is 29.8 Å². The highest BCUT2D eigenvalue weighted by Crippen LogP contribution is 2.13. The van der Waals surface area contributed by atoms with Crippen LogP contribution in [-0.2, 0) is 9.84 Å². The summed E-state index contributed by atoms with van der Waals surface area (Å²) in [6.45, 7) is 7.66. The zero-order valence-corrected chi connectivity index (χ0v) is 13.8. The second kappa shape index (κ2) is 7.56. The molecule has 1 aromatic carbocycles. The maximum Gasteiger partial charge on any atom is 0.179 e. The number of hydrogen-bond acceptors (Lipinski definition) is 4. The van der Waals surface area contributed by atoms with Crippen molar-refractivity contribution < 1.29 is 8.42 Å². The van der Waals surface area contributed by atoms with Crippen LogP contribution in [0.2, 0.25) is 0 Å². The van der Waals surface area contributed by atoms with Crippen LogP contribution < -0.4 is 5.73 Å². The fraction of sp³-hybridized carbons (Fsp3) is 0.533. The van der Waals surface area contributed by atoms with Crippen LogP contribution in [0.15, 0.2) is 29.2 Å². The average Bonchev–Trinajstić information content (AvgIpc) is 2.43. The SMILES string of the molecule is CCCN(CCS(=O)(=O)c1ccc(C(=N)N)cc1)C(C)C. The predicted octanol–water partition coefficient (Wildman–Crippen LogP) is 1.86. The van der Waals surface area contributed by atoms with Crippen molar-refractivity contribution in [1.82, 2.24) is 4.90 Å². The average molecular weight is 311 g/mol. The maximum absolute atomic E-state index is 12.3. The van der Waals surface area contributed by atoms with E-state index < -0.39 is 9.84 Å². The van der Waals surface area contributed by atoms with Gasteiger partial charge in [0, 0.05) is 18.2 Å². The van der Waals surface area contributed by atoms with Gasteiger partial charge < -0.3 is 5.73 Å². The Hall–Kier alpha value is -1.40. The Morgan fingerprint density at radius 2 is 1.81 bits per heavy atom. The number of sulfone groups is 1. The lowest BCUT2D eigenvalue weighted by Crippen LogP contribution is -2.35. The van der Waals surface area contributed by atoms with Gasteiger partial charge in [-0.1, -0.05) is 19.1 Å². The Bertz CT molecular complexity index is 565. The van der Waals surface area contributed by atoms with Crippen LogP contribution in [0.3, 0.4) is 0 Å². The number of hydrogen-bond donors (Lipinski definition) is 2. The maximum atomic E-state index is 12.3. The van der Waals surface area contributed by atoms with Crippen molar-refractivity contribution in [3.63, 3.8) is 0 Å². The summed E-state index contributed by atoms with van der Waals surface area (Å²) in [5.74, 6) is 0.0396. The van der Waals surface area contributed by atoms with Crippen LogP contribution in [0.4, 0.5) is 0 Å². The van der Waals surface area contributed by atoms with Gasteiger partial charge in [-0.3, -0.25) is 10.3 Å². The van der Waals surface area contributed by atoms with Crippen LogP contribution in [0.1, 0.15) is 32.8 Å². The number of nitrogen functional groups attached to an aromatic ring is 1. The lowest BCUT2D eigenvalue weighted by Gasteiger charge is -2.25. The molecule has 0 fully saturated rings. The van der Waals surface area contributed by atoms with Crippen molar-refractivity contribution in [2.45, 2.75) is 38.1 Å². The molecule has 0 bridgehead atoms. The zero-order valence-electron chi connectivity index (χ0n) is 13.0. The highest BCUT2D eigenvalue weighted by atomic mass is 32.2. The molecule has 1 rings (SSSR count). The predicted molar refractivity (Wildman–Crippen MR) is 86.5 cm³/mol. The van der Waals surface area contributed by atoms with Gasteiger partial charge in [-0.2, -0.15) is 0 Å².